The second-order valence-electron chi connectivity index (χ2n) is 7.98. The minimum atomic E-state index is -0.159. The Morgan fingerprint density at radius 2 is 1.76 bits per heavy atom. The number of halogens is 1. The molecule has 33 heavy (non-hydrogen) atoms. The lowest BCUT2D eigenvalue weighted by molar-refractivity contribution is 0.102. The van der Waals surface area contributed by atoms with E-state index >= 15 is 0 Å². The van der Waals surface area contributed by atoms with Gasteiger partial charge in [-0.3, -0.25) is 14.7 Å². The standard InChI is InChI=1S/C26H23ClN4OS/c27-22-10-9-20(15-21(22)25-16-28-23-3-1-2-4-24(23)30-25)29-26(32)19-7-5-18(6-8-19)17-31-11-13-33-14-12-31/h1-10,15-16H,11-14,17H2,(H,29,32). The number of para-hydroxylation sites is 2. The molecule has 5 nitrogen and oxygen atoms in total. The normalized spacial score (nSPS) is 14.3. The number of nitrogens with one attached hydrogen (secondary N) is 1. The van der Waals surface area contributed by atoms with Crippen molar-refractivity contribution in [1.82, 2.24) is 14.9 Å². The van der Waals surface area contributed by atoms with Crippen LogP contribution in [0.25, 0.3) is 22.3 Å². The maximum Gasteiger partial charge on any atom is 0.255 e. The van der Waals surface area contributed by atoms with Crippen molar-refractivity contribution in [3.8, 4) is 11.3 Å². The van der Waals surface area contributed by atoms with Crippen LogP contribution in [0, 0.1) is 0 Å². The number of nitrogens with zero attached hydrogens (tertiary/aromatic N) is 3. The Labute approximate surface area is 202 Å². The molecule has 5 rings (SSSR count). The first kappa shape index (κ1) is 21.9. The number of fused-ring (bicyclic) bond motifs is 1. The highest BCUT2D eigenvalue weighted by Gasteiger charge is 2.13. The van der Waals surface area contributed by atoms with E-state index < -0.39 is 0 Å². The average molecular weight is 475 g/mol. The summed E-state index contributed by atoms with van der Waals surface area (Å²) in [6.07, 6.45) is 1.70. The van der Waals surface area contributed by atoms with Crippen LogP contribution in [0.3, 0.4) is 0 Å². The number of amides is 1. The van der Waals surface area contributed by atoms with Gasteiger partial charge in [0.05, 0.1) is 27.9 Å². The predicted octanol–water partition coefficient (Wildman–Crippen LogP) is 5.75. The molecule has 0 spiro atoms. The summed E-state index contributed by atoms with van der Waals surface area (Å²) in [6.45, 7) is 3.16. The molecule has 7 heteroatoms. The van der Waals surface area contributed by atoms with Crippen LogP contribution in [-0.2, 0) is 6.54 Å². The molecular formula is C26H23ClN4OS. The summed E-state index contributed by atoms with van der Waals surface area (Å²) in [4.78, 5) is 24.4. The topological polar surface area (TPSA) is 58.1 Å². The van der Waals surface area contributed by atoms with Gasteiger partial charge in [0.1, 0.15) is 0 Å². The monoisotopic (exact) mass is 474 g/mol. The highest BCUT2D eigenvalue weighted by atomic mass is 35.5. The van der Waals surface area contributed by atoms with E-state index in [4.69, 9.17) is 11.6 Å². The average Bonchev–Trinajstić information content (AvgIpc) is 2.86. The summed E-state index contributed by atoms with van der Waals surface area (Å²) >= 11 is 8.45. The summed E-state index contributed by atoms with van der Waals surface area (Å²) in [5.41, 5.74) is 5.51. The van der Waals surface area contributed by atoms with E-state index in [9.17, 15) is 4.79 Å². The van der Waals surface area contributed by atoms with Gasteiger partial charge in [0.15, 0.2) is 0 Å². The second-order valence-corrected chi connectivity index (χ2v) is 9.61. The van der Waals surface area contributed by atoms with E-state index in [1.165, 1.54) is 17.1 Å². The minimum Gasteiger partial charge on any atom is -0.322 e. The van der Waals surface area contributed by atoms with E-state index in [0.717, 1.165) is 36.2 Å². The molecule has 1 amide bonds. The summed E-state index contributed by atoms with van der Waals surface area (Å²) in [7, 11) is 0. The van der Waals surface area contributed by atoms with Crippen LogP contribution in [0.5, 0.6) is 0 Å². The maximum atomic E-state index is 12.8. The summed E-state index contributed by atoms with van der Waals surface area (Å²) in [5, 5.41) is 3.53. The lowest BCUT2D eigenvalue weighted by atomic mass is 10.1. The number of carbonyl (C=O) groups is 1. The first-order valence-corrected chi connectivity index (χ1v) is 12.4. The zero-order chi connectivity index (χ0) is 22.6. The molecule has 1 aromatic heterocycles. The van der Waals surface area contributed by atoms with Gasteiger partial charge in [0.2, 0.25) is 0 Å². The molecule has 1 aliphatic rings. The molecule has 1 saturated heterocycles. The smallest absolute Gasteiger partial charge is 0.255 e. The first-order chi connectivity index (χ1) is 16.2. The molecule has 3 aromatic carbocycles. The Kier molecular flexibility index (Phi) is 6.58. The summed E-state index contributed by atoms with van der Waals surface area (Å²) in [6, 6.07) is 20.9. The number of carbonyl (C=O) groups excluding carboxylic acids is 1. The highest BCUT2D eigenvalue weighted by molar-refractivity contribution is 7.99. The van der Waals surface area contributed by atoms with Crippen molar-refractivity contribution >= 4 is 46.0 Å². The van der Waals surface area contributed by atoms with Crippen molar-refractivity contribution in [3.63, 3.8) is 0 Å². The Bertz CT molecular complexity index is 1290. The zero-order valence-corrected chi connectivity index (χ0v) is 19.6. The van der Waals surface area contributed by atoms with E-state index in [0.29, 0.717) is 22.0 Å². The van der Waals surface area contributed by atoms with Gasteiger partial charge >= 0.3 is 0 Å². The Balaban J connectivity index is 1.31. The third-order valence-corrected chi connectivity index (χ3v) is 6.95. The summed E-state index contributed by atoms with van der Waals surface area (Å²) in [5.74, 6) is 2.22. The van der Waals surface area contributed by atoms with E-state index in [2.05, 4.69) is 20.2 Å². The minimum absolute atomic E-state index is 0.159. The number of hydrogen-bond donors (Lipinski definition) is 1. The van der Waals surface area contributed by atoms with Crippen molar-refractivity contribution < 1.29 is 4.79 Å². The van der Waals surface area contributed by atoms with Crippen molar-refractivity contribution in [3.05, 3.63) is 89.1 Å². The van der Waals surface area contributed by atoms with Gasteiger partial charge in [-0.25, -0.2) is 4.98 Å². The van der Waals surface area contributed by atoms with Crippen LogP contribution < -0.4 is 5.32 Å². The molecule has 0 unspecified atom stereocenters. The van der Waals surface area contributed by atoms with E-state index in [1.54, 1.807) is 18.3 Å². The molecule has 2 heterocycles. The maximum absolute atomic E-state index is 12.8. The Hall–Kier alpha value is -2.93. The van der Waals surface area contributed by atoms with Gasteiger partial charge in [-0.15, -0.1) is 0 Å². The lowest BCUT2D eigenvalue weighted by Gasteiger charge is -2.26. The number of benzene rings is 3. The molecule has 0 atom stereocenters. The molecule has 4 aromatic rings. The number of hydrogen-bond acceptors (Lipinski definition) is 5. The molecule has 1 N–H and O–H groups in total. The van der Waals surface area contributed by atoms with Gasteiger partial charge in [-0.05, 0) is 48.0 Å². The predicted molar refractivity (Wildman–Crippen MR) is 137 cm³/mol. The van der Waals surface area contributed by atoms with Gasteiger partial charge in [-0.1, -0.05) is 35.9 Å². The second kappa shape index (κ2) is 9.91. The van der Waals surface area contributed by atoms with Crippen LogP contribution in [0.2, 0.25) is 5.02 Å². The number of aromatic nitrogens is 2. The lowest BCUT2D eigenvalue weighted by Crippen LogP contribution is -2.31. The highest BCUT2D eigenvalue weighted by Crippen LogP contribution is 2.30. The Morgan fingerprint density at radius 3 is 2.55 bits per heavy atom. The van der Waals surface area contributed by atoms with Gasteiger partial charge in [0, 0.05) is 48.0 Å². The molecule has 0 bridgehead atoms. The molecule has 0 aliphatic carbocycles. The van der Waals surface area contributed by atoms with Gasteiger partial charge < -0.3 is 5.32 Å². The number of anilines is 1. The van der Waals surface area contributed by atoms with E-state index in [1.807, 2.05) is 66.4 Å². The third kappa shape index (κ3) is 5.19. The van der Waals surface area contributed by atoms with Crippen LogP contribution in [0.1, 0.15) is 15.9 Å². The van der Waals surface area contributed by atoms with Crippen molar-refractivity contribution in [1.29, 1.82) is 0 Å². The first-order valence-electron chi connectivity index (χ1n) is 10.9. The SMILES string of the molecule is O=C(Nc1ccc(Cl)c(-c2cnc3ccccc3n2)c1)c1ccc(CN2CCSCC2)cc1. The fraction of sp³-hybridized carbons (Fsp3) is 0.192. The van der Waals surface area contributed by atoms with Crippen molar-refractivity contribution in [2.24, 2.45) is 0 Å². The van der Waals surface area contributed by atoms with Crippen LogP contribution in [0.4, 0.5) is 5.69 Å². The molecule has 166 valence electrons. The number of thioether (sulfide) groups is 1. The Morgan fingerprint density at radius 1 is 1.00 bits per heavy atom. The molecule has 0 saturated carbocycles. The molecular weight excluding hydrogens is 452 g/mol. The van der Waals surface area contributed by atoms with Gasteiger partial charge in [0.25, 0.3) is 5.91 Å². The fourth-order valence-electron chi connectivity index (χ4n) is 3.87. The summed E-state index contributed by atoms with van der Waals surface area (Å²) < 4.78 is 0. The van der Waals surface area contributed by atoms with Crippen LogP contribution in [0.15, 0.2) is 72.9 Å². The van der Waals surface area contributed by atoms with Crippen LogP contribution >= 0.6 is 23.4 Å². The van der Waals surface area contributed by atoms with Crippen LogP contribution in [-0.4, -0.2) is 45.4 Å². The van der Waals surface area contributed by atoms with Gasteiger partial charge in [-0.2, -0.15) is 11.8 Å². The quantitative estimate of drug-likeness (QED) is 0.399. The molecule has 1 aliphatic heterocycles. The molecule has 1 fully saturated rings. The molecule has 0 radical (unpaired) electrons. The zero-order valence-electron chi connectivity index (χ0n) is 18.0. The number of rotatable bonds is 5. The largest absolute Gasteiger partial charge is 0.322 e. The fourth-order valence-corrected chi connectivity index (χ4v) is 5.06. The van der Waals surface area contributed by atoms with Crippen molar-refractivity contribution in [2.45, 2.75) is 6.54 Å². The van der Waals surface area contributed by atoms with E-state index in [-0.39, 0.29) is 5.91 Å². The van der Waals surface area contributed by atoms with Crippen molar-refractivity contribution in [2.75, 3.05) is 29.9 Å². The third-order valence-electron chi connectivity index (χ3n) is 5.67.